The van der Waals surface area contributed by atoms with Crippen LogP contribution >= 0.6 is 0 Å². The monoisotopic (exact) mass is 319 g/mol. The molecule has 0 spiro atoms. The third-order valence-electron chi connectivity index (χ3n) is 4.38. The number of fused-ring (bicyclic) bond motifs is 2. The zero-order chi connectivity index (χ0) is 16.8. The minimum absolute atomic E-state index is 0.0158. The van der Waals surface area contributed by atoms with E-state index in [1.807, 2.05) is 49.0 Å². The molecule has 0 aliphatic carbocycles. The number of aromatic nitrogens is 1. The molecule has 0 fully saturated rings. The minimum Gasteiger partial charge on any atom is -0.350 e. The van der Waals surface area contributed by atoms with Crippen molar-refractivity contribution in [2.24, 2.45) is 7.05 Å². The first kappa shape index (κ1) is 14.5. The Hall–Kier alpha value is -3.08. The van der Waals surface area contributed by atoms with Gasteiger partial charge in [-0.05, 0) is 36.2 Å². The van der Waals surface area contributed by atoms with E-state index in [0.29, 0.717) is 17.7 Å². The summed E-state index contributed by atoms with van der Waals surface area (Å²) in [4.78, 5) is 24.1. The van der Waals surface area contributed by atoms with Gasteiger partial charge in [0.25, 0.3) is 5.91 Å². The Morgan fingerprint density at radius 3 is 2.88 bits per heavy atom. The van der Waals surface area contributed by atoms with E-state index in [4.69, 9.17) is 0 Å². The zero-order valence-corrected chi connectivity index (χ0v) is 13.5. The van der Waals surface area contributed by atoms with Crippen molar-refractivity contribution in [3.05, 3.63) is 59.3 Å². The number of carbonyl (C=O) groups excluding carboxylic acids is 2. The fourth-order valence-corrected chi connectivity index (χ4v) is 3.17. The average molecular weight is 319 g/mol. The van der Waals surface area contributed by atoms with Gasteiger partial charge in [-0.15, -0.1) is 0 Å². The van der Waals surface area contributed by atoms with Crippen LogP contribution < -0.4 is 10.6 Å². The summed E-state index contributed by atoms with van der Waals surface area (Å²) in [5.41, 5.74) is 5.22. The highest BCUT2D eigenvalue weighted by Crippen LogP contribution is 2.27. The second-order valence-electron chi connectivity index (χ2n) is 6.23. The second kappa shape index (κ2) is 5.23. The van der Waals surface area contributed by atoms with Gasteiger partial charge in [0, 0.05) is 35.5 Å². The number of rotatable bonds is 2. The minimum atomic E-state index is -0.159. The summed E-state index contributed by atoms with van der Waals surface area (Å²) in [7, 11) is 1.93. The van der Waals surface area contributed by atoms with Crippen molar-refractivity contribution in [3.63, 3.8) is 0 Å². The highest BCUT2D eigenvalue weighted by molar-refractivity contribution is 6.13. The molecule has 0 bridgehead atoms. The molecule has 5 nitrogen and oxygen atoms in total. The number of amides is 2. The lowest BCUT2D eigenvalue weighted by atomic mass is 10.1. The van der Waals surface area contributed by atoms with Crippen LogP contribution in [0.25, 0.3) is 10.9 Å². The van der Waals surface area contributed by atoms with Crippen LogP contribution in [0.2, 0.25) is 0 Å². The Balaban J connectivity index is 1.66. The average Bonchev–Trinajstić information content (AvgIpc) is 3.06. The van der Waals surface area contributed by atoms with Crippen molar-refractivity contribution in [1.29, 1.82) is 0 Å². The summed E-state index contributed by atoms with van der Waals surface area (Å²) in [5.74, 6) is -0.174. The van der Waals surface area contributed by atoms with E-state index in [1.54, 1.807) is 6.07 Å². The number of carbonyl (C=O) groups is 2. The van der Waals surface area contributed by atoms with E-state index >= 15 is 0 Å². The Kier molecular flexibility index (Phi) is 3.16. The molecule has 120 valence electrons. The molecular formula is C19H17N3O2. The van der Waals surface area contributed by atoms with Crippen molar-refractivity contribution in [2.75, 3.05) is 10.6 Å². The van der Waals surface area contributed by atoms with E-state index < -0.39 is 0 Å². The number of aryl methyl sites for hydroxylation is 2. The van der Waals surface area contributed by atoms with Crippen LogP contribution in [-0.2, 0) is 18.3 Å². The van der Waals surface area contributed by atoms with Crippen LogP contribution in [0.5, 0.6) is 0 Å². The molecule has 1 aromatic heterocycles. The standard InChI is InChI=1S/C19H17N3O2/c1-11-3-6-14-15(10-22(2)17(14)7-11)19(24)20-13-5-4-12-8-18(23)21-16(12)9-13/h3-7,9-10H,8H2,1-2H3,(H,20,24)(H,21,23). The number of anilines is 2. The lowest BCUT2D eigenvalue weighted by Crippen LogP contribution is -2.11. The second-order valence-corrected chi connectivity index (χ2v) is 6.23. The van der Waals surface area contributed by atoms with E-state index in [2.05, 4.69) is 16.7 Å². The smallest absolute Gasteiger partial charge is 0.257 e. The maximum Gasteiger partial charge on any atom is 0.257 e. The van der Waals surface area contributed by atoms with Gasteiger partial charge in [0.15, 0.2) is 0 Å². The molecule has 5 heteroatoms. The van der Waals surface area contributed by atoms with Crippen molar-refractivity contribution in [3.8, 4) is 0 Å². The molecule has 1 aliphatic heterocycles. The first-order valence-corrected chi connectivity index (χ1v) is 7.81. The summed E-state index contributed by atoms with van der Waals surface area (Å²) < 4.78 is 1.96. The van der Waals surface area contributed by atoms with Gasteiger partial charge in [-0.25, -0.2) is 0 Å². The van der Waals surface area contributed by atoms with Crippen molar-refractivity contribution < 1.29 is 9.59 Å². The largest absolute Gasteiger partial charge is 0.350 e. The van der Waals surface area contributed by atoms with Gasteiger partial charge in [-0.2, -0.15) is 0 Å². The first-order valence-electron chi connectivity index (χ1n) is 7.81. The zero-order valence-electron chi connectivity index (χ0n) is 13.5. The normalized spacial score (nSPS) is 13.0. The molecule has 0 radical (unpaired) electrons. The van der Waals surface area contributed by atoms with Crippen LogP contribution in [0.4, 0.5) is 11.4 Å². The van der Waals surface area contributed by atoms with Gasteiger partial charge < -0.3 is 15.2 Å². The quantitative estimate of drug-likeness (QED) is 0.762. The Morgan fingerprint density at radius 2 is 2.04 bits per heavy atom. The molecular weight excluding hydrogens is 302 g/mol. The van der Waals surface area contributed by atoms with E-state index in [9.17, 15) is 9.59 Å². The van der Waals surface area contributed by atoms with E-state index in [0.717, 1.165) is 27.7 Å². The molecule has 2 aromatic carbocycles. The van der Waals surface area contributed by atoms with Gasteiger partial charge in [0.05, 0.1) is 12.0 Å². The summed E-state index contributed by atoms with van der Waals surface area (Å²) in [6.45, 7) is 2.03. The van der Waals surface area contributed by atoms with Crippen LogP contribution in [0, 0.1) is 6.92 Å². The van der Waals surface area contributed by atoms with Crippen LogP contribution in [0.3, 0.4) is 0 Å². The predicted octanol–water partition coefficient (Wildman–Crippen LogP) is 3.23. The highest BCUT2D eigenvalue weighted by Gasteiger charge is 2.19. The third-order valence-corrected chi connectivity index (χ3v) is 4.38. The molecule has 4 rings (SSSR count). The molecule has 0 saturated heterocycles. The molecule has 2 amide bonds. The molecule has 24 heavy (non-hydrogen) atoms. The molecule has 0 atom stereocenters. The molecule has 0 saturated carbocycles. The number of benzene rings is 2. The Labute approximate surface area is 139 Å². The van der Waals surface area contributed by atoms with Crippen LogP contribution in [0.15, 0.2) is 42.6 Å². The van der Waals surface area contributed by atoms with Crippen LogP contribution in [0.1, 0.15) is 21.5 Å². The van der Waals surface area contributed by atoms with Gasteiger partial charge in [-0.3, -0.25) is 9.59 Å². The van der Waals surface area contributed by atoms with E-state index in [-0.39, 0.29) is 11.8 Å². The highest BCUT2D eigenvalue weighted by atomic mass is 16.2. The summed E-state index contributed by atoms with van der Waals surface area (Å²) in [6, 6.07) is 11.5. The summed E-state index contributed by atoms with van der Waals surface area (Å²) in [6.07, 6.45) is 2.24. The first-order chi connectivity index (χ1) is 11.5. The molecule has 0 unspecified atom stereocenters. The molecule has 1 aliphatic rings. The third kappa shape index (κ3) is 2.34. The molecule has 2 N–H and O–H groups in total. The van der Waals surface area contributed by atoms with E-state index in [1.165, 1.54) is 0 Å². The topological polar surface area (TPSA) is 63.1 Å². The lowest BCUT2D eigenvalue weighted by molar-refractivity contribution is -0.115. The van der Waals surface area contributed by atoms with Gasteiger partial charge in [0.2, 0.25) is 5.91 Å². The predicted molar refractivity (Wildman–Crippen MR) is 94.4 cm³/mol. The maximum absolute atomic E-state index is 12.7. The maximum atomic E-state index is 12.7. The van der Waals surface area contributed by atoms with Crippen molar-refractivity contribution >= 4 is 34.1 Å². The van der Waals surface area contributed by atoms with Gasteiger partial charge in [0.1, 0.15) is 0 Å². The fourth-order valence-electron chi connectivity index (χ4n) is 3.17. The van der Waals surface area contributed by atoms with Crippen LogP contribution in [-0.4, -0.2) is 16.4 Å². The van der Waals surface area contributed by atoms with Crippen molar-refractivity contribution in [2.45, 2.75) is 13.3 Å². The fraction of sp³-hybridized carbons (Fsp3) is 0.158. The summed E-state index contributed by atoms with van der Waals surface area (Å²) in [5, 5.41) is 6.64. The Morgan fingerprint density at radius 1 is 1.21 bits per heavy atom. The number of hydrogen-bond donors (Lipinski definition) is 2. The van der Waals surface area contributed by atoms with Gasteiger partial charge >= 0.3 is 0 Å². The van der Waals surface area contributed by atoms with Gasteiger partial charge in [-0.1, -0.05) is 18.2 Å². The number of hydrogen-bond acceptors (Lipinski definition) is 2. The summed E-state index contributed by atoms with van der Waals surface area (Å²) >= 11 is 0. The molecule has 2 heterocycles. The SMILES string of the molecule is Cc1ccc2c(C(=O)Nc3ccc4c(c3)NC(=O)C4)cn(C)c2c1. The lowest BCUT2D eigenvalue weighted by Gasteiger charge is -2.07. The number of nitrogens with zero attached hydrogens (tertiary/aromatic N) is 1. The Bertz CT molecular complexity index is 1000. The van der Waals surface area contributed by atoms with Crippen molar-refractivity contribution in [1.82, 2.24) is 4.57 Å². The number of nitrogens with one attached hydrogen (secondary N) is 2. The molecule has 3 aromatic rings.